The van der Waals surface area contributed by atoms with Crippen LogP contribution in [0.5, 0.6) is 5.75 Å². The van der Waals surface area contributed by atoms with Gasteiger partial charge in [0.05, 0.1) is 0 Å². The number of rotatable bonds is 4. The van der Waals surface area contributed by atoms with E-state index in [9.17, 15) is 4.39 Å². The lowest BCUT2D eigenvalue weighted by molar-refractivity contribution is 0.176. The van der Waals surface area contributed by atoms with Crippen molar-refractivity contribution in [1.29, 1.82) is 0 Å². The maximum absolute atomic E-state index is 13.7. The number of hydrogen-bond acceptors (Lipinski definition) is 3. The Balaban J connectivity index is 2.29. The van der Waals surface area contributed by atoms with E-state index < -0.39 is 5.82 Å². The zero-order valence-corrected chi connectivity index (χ0v) is 14.1. The SMILES string of the molecule is CC(N)C(Oc1cc(Br)ccc1F)c1cc(Br)cs1. The minimum absolute atomic E-state index is 0.196. The van der Waals surface area contributed by atoms with E-state index in [4.69, 9.17) is 10.5 Å². The molecule has 6 heteroatoms. The molecule has 0 aliphatic heterocycles. The molecule has 2 unspecified atom stereocenters. The van der Waals surface area contributed by atoms with Crippen LogP contribution in [-0.4, -0.2) is 6.04 Å². The molecule has 0 saturated heterocycles. The van der Waals surface area contributed by atoms with E-state index in [1.165, 1.54) is 17.4 Å². The normalized spacial score (nSPS) is 14.2. The Morgan fingerprint density at radius 2 is 2.00 bits per heavy atom. The van der Waals surface area contributed by atoms with Gasteiger partial charge in [0.1, 0.15) is 6.10 Å². The van der Waals surface area contributed by atoms with Crippen LogP contribution in [0.2, 0.25) is 0 Å². The standard InChI is InChI=1S/C13H12Br2FNOS/c1-7(17)13(12-5-9(15)6-19-12)18-11-4-8(14)2-3-10(11)16/h2-7,13H,17H2,1H3. The third-order valence-corrected chi connectivity index (χ3v) is 4.74. The number of benzene rings is 1. The van der Waals surface area contributed by atoms with Gasteiger partial charge in [-0.05, 0) is 47.1 Å². The van der Waals surface area contributed by atoms with Crippen molar-refractivity contribution in [2.45, 2.75) is 19.1 Å². The Hall–Kier alpha value is -0.430. The number of thiophene rings is 1. The third kappa shape index (κ3) is 3.78. The van der Waals surface area contributed by atoms with Gasteiger partial charge in [-0.2, -0.15) is 0 Å². The van der Waals surface area contributed by atoms with Crippen LogP contribution in [-0.2, 0) is 0 Å². The first kappa shape index (κ1) is 15.0. The first-order valence-electron chi connectivity index (χ1n) is 5.58. The molecular formula is C13H12Br2FNOS. The van der Waals surface area contributed by atoms with Crippen LogP contribution in [0.4, 0.5) is 4.39 Å². The van der Waals surface area contributed by atoms with Gasteiger partial charge in [0.15, 0.2) is 11.6 Å². The quantitative estimate of drug-likeness (QED) is 0.782. The van der Waals surface area contributed by atoms with Gasteiger partial charge in [0.2, 0.25) is 0 Å². The van der Waals surface area contributed by atoms with Gasteiger partial charge in [-0.15, -0.1) is 11.3 Å². The second-order valence-corrected chi connectivity index (χ2v) is 6.91. The topological polar surface area (TPSA) is 35.2 Å². The number of nitrogens with two attached hydrogens (primary N) is 1. The van der Waals surface area contributed by atoms with Crippen molar-refractivity contribution in [3.8, 4) is 5.75 Å². The Labute approximate surface area is 132 Å². The zero-order chi connectivity index (χ0) is 14.0. The molecule has 2 rings (SSSR count). The van der Waals surface area contributed by atoms with E-state index in [1.54, 1.807) is 12.1 Å². The van der Waals surface area contributed by atoms with Gasteiger partial charge in [-0.3, -0.25) is 0 Å². The van der Waals surface area contributed by atoms with Crippen LogP contribution in [0.1, 0.15) is 17.9 Å². The largest absolute Gasteiger partial charge is 0.480 e. The van der Waals surface area contributed by atoms with Crippen molar-refractivity contribution < 1.29 is 9.13 Å². The summed E-state index contributed by atoms with van der Waals surface area (Å²) in [4.78, 5) is 0.959. The van der Waals surface area contributed by atoms with E-state index in [1.807, 2.05) is 18.4 Å². The first-order chi connectivity index (χ1) is 8.97. The maximum Gasteiger partial charge on any atom is 0.165 e. The van der Waals surface area contributed by atoms with Crippen LogP contribution >= 0.6 is 43.2 Å². The average Bonchev–Trinajstić information content (AvgIpc) is 2.76. The molecule has 0 radical (unpaired) electrons. The second-order valence-electron chi connectivity index (χ2n) is 4.14. The zero-order valence-electron chi connectivity index (χ0n) is 10.1. The number of hydrogen-bond donors (Lipinski definition) is 1. The summed E-state index contributed by atoms with van der Waals surface area (Å²) in [6, 6.07) is 6.29. The molecule has 0 saturated carbocycles. The van der Waals surface area contributed by atoms with E-state index in [0.717, 1.165) is 13.8 Å². The van der Waals surface area contributed by atoms with Gasteiger partial charge in [-0.1, -0.05) is 15.9 Å². The van der Waals surface area contributed by atoms with Crippen molar-refractivity contribution >= 4 is 43.2 Å². The van der Waals surface area contributed by atoms with Crippen LogP contribution in [0.3, 0.4) is 0 Å². The molecule has 0 bridgehead atoms. The molecule has 1 heterocycles. The highest BCUT2D eigenvalue weighted by Gasteiger charge is 2.21. The fraction of sp³-hybridized carbons (Fsp3) is 0.231. The highest BCUT2D eigenvalue weighted by atomic mass is 79.9. The minimum Gasteiger partial charge on any atom is -0.480 e. The fourth-order valence-corrected chi connectivity index (χ4v) is 3.53. The first-order valence-corrected chi connectivity index (χ1v) is 8.05. The highest BCUT2D eigenvalue weighted by molar-refractivity contribution is 9.10. The maximum atomic E-state index is 13.7. The van der Waals surface area contributed by atoms with Crippen LogP contribution in [0.25, 0.3) is 0 Å². The minimum atomic E-state index is -0.399. The van der Waals surface area contributed by atoms with Crippen molar-refractivity contribution in [1.82, 2.24) is 0 Å². The van der Waals surface area contributed by atoms with Crippen molar-refractivity contribution in [2.75, 3.05) is 0 Å². The second kappa shape index (κ2) is 6.35. The molecule has 1 aromatic carbocycles. The molecular weight excluding hydrogens is 397 g/mol. The van der Waals surface area contributed by atoms with Gasteiger partial charge in [0, 0.05) is 25.2 Å². The summed E-state index contributed by atoms with van der Waals surface area (Å²) in [5.74, 6) is -0.203. The van der Waals surface area contributed by atoms with Gasteiger partial charge in [-0.25, -0.2) is 4.39 Å². The van der Waals surface area contributed by atoms with Gasteiger partial charge >= 0.3 is 0 Å². The summed E-state index contributed by atoms with van der Waals surface area (Å²) in [6.45, 7) is 1.84. The molecule has 2 nitrogen and oxygen atoms in total. The summed E-state index contributed by atoms with van der Waals surface area (Å²) >= 11 is 8.22. The lowest BCUT2D eigenvalue weighted by Gasteiger charge is -2.21. The number of halogens is 3. The molecule has 0 aliphatic carbocycles. The summed E-state index contributed by atoms with van der Waals surface area (Å²) in [7, 11) is 0. The molecule has 0 aliphatic rings. The van der Waals surface area contributed by atoms with Crippen LogP contribution < -0.4 is 10.5 Å². The van der Waals surface area contributed by atoms with E-state index in [-0.39, 0.29) is 17.9 Å². The van der Waals surface area contributed by atoms with Gasteiger partial charge in [0.25, 0.3) is 0 Å². The predicted octanol–water partition coefficient (Wildman–Crippen LogP) is 4.88. The summed E-state index contributed by atoms with van der Waals surface area (Å²) in [5, 5.41) is 1.95. The lowest BCUT2D eigenvalue weighted by Crippen LogP contribution is -2.28. The Bertz CT molecular complexity index is 574. The smallest absolute Gasteiger partial charge is 0.165 e. The molecule has 2 N–H and O–H groups in total. The lowest BCUT2D eigenvalue weighted by atomic mass is 10.1. The Morgan fingerprint density at radius 3 is 2.58 bits per heavy atom. The van der Waals surface area contributed by atoms with E-state index >= 15 is 0 Å². The Morgan fingerprint density at radius 1 is 1.26 bits per heavy atom. The van der Waals surface area contributed by atoms with Crippen LogP contribution in [0, 0.1) is 5.82 Å². The Kier molecular flexibility index (Phi) is 5.00. The van der Waals surface area contributed by atoms with E-state index in [2.05, 4.69) is 31.9 Å². The third-order valence-electron chi connectivity index (χ3n) is 2.49. The molecule has 2 aromatic rings. The van der Waals surface area contributed by atoms with Crippen molar-refractivity contribution in [2.24, 2.45) is 5.73 Å². The molecule has 0 spiro atoms. The summed E-state index contributed by atoms with van der Waals surface area (Å²) in [5.41, 5.74) is 5.95. The molecule has 0 amide bonds. The average molecular weight is 409 g/mol. The van der Waals surface area contributed by atoms with E-state index in [0.29, 0.717) is 0 Å². The highest BCUT2D eigenvalue weighted by Crippen LogP contribution is 2.33. The van der Waals surface area contributed by atoms with Crippen LogP contribution in [0.15, 0.2) is 38.6 Å². The number of ether oxygens (including phenoxy) is 1. The van der Waals surface area contributed by atoms with Crippen molar-refractivity contribution in [3.05, 3.63) is 49.3 Å². The molecule has 102 valence electrons. The van der Waals surface area contributed by atoms with Crippen molar-refractivity contribution in [3.63, 3.8) is 0 Å². The molecule has 2 atom stereocenters. The monoisotopic (exact) mass is 407 g/mol. The molecule has 1 aromatic heterocycles. The predicted molar refractivity (Wildman–Crippen MR) is 83.1 cm³/mol. The summed E-state index contributed by atoms with van der Waals surface area (Å²) < 4.78 is 21.2. The molecule has 19 heavy (non-hydrogen) atoms. The fourth-order valence-electron chi connectivity index (χ4n) is 1.61. The molecule has 0 fully saturated rings. The van der Waals surface area contributed by atoms with Gasteiger partial charge < -0.3 is 10.5 Å². The summed E-state index contributed by atoms with van der Waals surface area (Å²) in [6.07, 6.45) is -0.375.